The first-order chi connectivity index (χ1) is 16.4. The van der Waals surface area contributed by atoms with Gasteiger partial charge in [-0.1, -0.05) is 0 Å². The monoisotopic (exact) mass is 494 g/mol. The lowest BCUT2D eigenvalue weighted by atomic mass is 9.69. The van der Waals surface area contributed by atoms with Gasteiger partial charge in [-0.3, -0.25) is 9.59 Å². The van der Waals surface area contributed by atoms with E-state index in [-0.39, 0.29) is 24.7 Å². The van der Waals surface area contributed by atoms with Crippen LogP contribution in [-0.4, -0.2) is 56.1 Å². The summed E-state index contributed by atoms with van der Waals surface area (Å²) in [6.07, 6.45) is -3.45. The van der Waals surface area contributed by atoms with E-state index in [9.17, 15) is 27.6 Å². The first-order valence-electron chi connectivity index (χ1n) is 10.6. The van der Waals surface area contributed by atoms with Crippen LogP contribution < -0.4 is 4.90 Å². The zero-order valence-electron chi connectivity index (χ0n) is 19.0. The van der Waals surface area contributed by atoms with E-state index < -0.39 is 58.1 Å². The van der Waals surface area contributed by atoms with Crippen LogP contribution in [0, 0.1) is 23.2 Å². The highest BCUT2D eigenvalue weighted by atomic mass is 19.4. The van der Waals surface area contributed by atoms with Gasteiger partial charge >= 0.3 is 12.1 Å². The fraction of sp³-hybridized carbons (Fsp3) is 0.478. The van der Waals surface area contributed by atoms with Crippen molar-refractivity contribution in [3.63, 3.8) is 0 Å². The first kappa shape index (κ1) is 24.8. The van der Waals surface area contributed by atoms with Gasteiger partial charge in [0.15, 0.2) is 6.79 Å². The molecule has 0 radical (unpaired) electrons. The molecule has 3 unspecified atom stereocenters. The zero-order valence-corrected chi connectivity index (χ0v) is 19.0. The number of carbonyl (C=O) groups excluding carboxylic acids is 3. The van der Waals surface area contributed by atoms with E-state index in [1.807, 2.05) is 0 Å². The minimum atomic E-state index is -4.87. The topological polar surface area (TPSA) is 115 Å². The summed E-state index contributed by atoms with van der Waals surface area (Å²) >= 11 is 0. The molecule has 186 valence electrons. The van der Waals surface area contributed by atoms with E-state index in [0.717, 1.165) is 12.1 Å². The minimum Gasteiger partial charge on any atom is -0.435 e. The van der Waals surface area contributed by atoms with Gasteiger partial charge in [0.05, 0.1) is 59.1 Å². The Labute approximate surface area is 198 Å². The molecule has 2 amide bonds. The largest absolute Gasteiger partial charge is 0.435 e. The highest BCUT2D eigenvalue weighted by molar-refractivity contribution is 6.24. The van der Waals surface area contributed by atoms with Crippen molar-refractivity contribution < 1.29 is 46.5 Å². The molecule has 4 atom stereocenters. The van der Waals surface area contributed by atoms with Gasteiger partial charge in [-0.15, -0.1) is 0 Å². The average Bonchev–Trinajstić information content (AvgIpc) is 3.33. The van der Waals surface area contributed by atoms with Crippen LogP contribution in [0.2, 0.25) is 0 Å². The molecular formula is C23H21F3N2O7. The molecule has 1 aromatic carbocycles. The SMILES string of the molecule is COCCOCOC(=O)C1=CC2(C)OC1(C)C1C(=O)N(c3ccc(C#N)c(C(F)(F)F)c3)C(=O)[C@@H]12. The molecule has 0 spiro atoms. The number of methoxy groups -OCH3 is 1. The number of rotatable bonds is 7. The predicted molar refractivity (Wildman–Crippen MR) is 110 cm³/mol. The van der Waals surface area contributed by atoms with Gasteiger partial charge in [0.25, 0.3) is 0 Å². The number of fused-ring (bicyclic) bond motifs is 5. The third-order valence-electron chi connectivity index (χ3n) is 6.53. The quantitative estimate of drug-likeness (QED) is 0.246. The Morgan fingerprint density at radius 1 is 1.20 bits per heavy atom. The van der Waals surface area contributed by atoms with Crippen molar-refractivity contribution in [3.8, 4) is 6.07 Å². The summed E-state index contributed by atoms with van der Waals surface area (Å²) in [5.74, 6) is -4.58. The lowest BCUT2D eigenvalue weighted by molar-refractivity contribution is -0.155. The molecule has 12 heteroatoms. The fourth-order valence-corrected chi connectivity index (χ4v) is 5.05. The van der Waals surface area contributed by atoms with Crippen LogP contribution in [0.4, 0.5) is 18.9 Å². The second-order valence-corrected chi connectivity index (χ2v) is 8.71. The molecule has 9 nitrogen and oxygen atoms in total. The van der Waals surface area contributed by atoms with Crippen molar-refractivity contribution in [3.05, 3.63) is 41.0 Å². The Kier molecular flexibility index (Phi) is 5.99. The van der Waals surface area contributed by atoms with Crippen molar-refractivity contribution in [2.24, 2.45) is 11.8 Å². The van der Waals surface area contributed by atoms with Gasteiger partial charge in [-0.25, -0.2) is 9.69 Å². The summed E-state index contributed by atoms with van der Waals surface area (Å²) in [5.41, 5.74) is -5.08. The van der Waals surface area contributed by atoms with Crippen LogP contribution in [0.5, 0.6) is 0 Å². The Hall–Kier alpha value is -3.27. The van der Waals surface area contributed by atoms with E-state index in [1.165, 1.54) is 33.1 Å². The molecule has 0 aliphatic carbocycles. The second kappa shape index (κ2) is 8.44. The van der Waals surface area contributed by atoms with Crippen LogP contribution in [-0.2, 0) is 39.5 Å². The number of benzene rings is 1. The number of hydrogen-bond acceptors (Lipinski definition) is 8. The number of alkyl halides is 3. The van der Waals surface area contributed by atoms with Crippen LogP contribution in [0.1, 0.15) is 25.0 Å². The maximum atomic E-state index is 13.5. The van der Waals surface area contributed by atoms with E-state index in [0.29, 0.717) is 17.6 Å². The number of anilines is 1. The summed E-state index contributed by atoms with van der Waals surface area (Å²) in [5, 5.41) is 9.02. The molecule has 0 saturated carbocycles. The van der Waals surface area contributed by atoms with Crippen LogP contribution in [0.15, 0.2) is 29.8 Å². The number of amides is 2. The molecule has 4 rings (SSSR count). The van der Waals surface area contributed by atoms with Crippen molar-refractivity contribution >= 4 is 23.5 Å². The van der Waals surface area contributed by atoms with Gasteiger partial charge < -0.3 is 18.9 Å². The molecular weight excluding hydrogens is 473 g/mol. The third kappa shape index (κ3) is 3.80. The van der Waals surface area contributed by atoms with Gasteiger partial charge in [-0.05, 0) is 38.1 Å². The van der Waals surface area contributed by atoms with E-state index in [2.05, 4.69) is 0 Å². The minimum absolute atomic E-state index is 0.0235. The van der Waals surface area contributed by atoms with Crippen molar-refractivity contribution in [2.75, 3.05) is 32.0 Å². The van der Waals surface area contributed by atoms with Crippen LogP contribution in [0.25, 0.3) is 0 Å². The van der Waals surface area contributed by atoms with Crippen molar-refractivity contribution in [2.45, 2.75) is 31.2 Å². The molecule has 1 aromatic rings. The number of esters is 1. The second-order valence-electron chi connectivity index (χ2n) is 8.71. The molecule has 35 heavy (non-hydrogen) atoms. The normalized spacial score (nSPS) is 29.3. The predicted octanol–water partition coefficient (Wildman–Crippen LogP) is 2.33. The fourth-order valence-electron chi connectivity index (χ4n) is 5.05. The molecule has 0 N–H and O–H groups in total. The third-order valence-corrected chi connectivity index (χ3v) is 6.53. The zero-order chi connectivity index (χ0) is 25.8. The van der Waals surface area contributed by atoms with Gasteiger partial charge in [-0.2, -0.15) is 18.4 Å². The molecule has 0 aromatic heterocycles. The first-order valence-corrected chi connectivity index (χ1v) is 10.6. The standard InChI is InChI=1S/C23H21F3N2O7/c1-21-9-15(20(31)34-11-33-7-6-32-3)22(2,35-21)17-16(21)18(29)28(19(17)30)13-5-4-12(10-27)14(8-13)23(24,25)26/h4-5,8-9,16-17H,6-7,11H2,1-3H3/t16-,17?,21?,22?/m1/s1. The van der Waals surface area contributed by atoms with Gasteiger partial charge in [0.1, 0.15) is 5.60 Å². The van der Waals surface area contributed by atoms with E-state index >= 15 is 0 Å². The number of nitriles is 1. The smallest absolute Gasteiger partial charge is 0.417 e. The van der Waals surface area contributed by atoms with Crippen LogP contribution >= 0.6 is 0 Å². The molecule has 2 fully saturated rings. The summed E-state index contributed by atoms with van der Waals surface area (Å²) in [4.78, 5) is 40.1. The Balaban J connectivity index is 1.63. The molecule has 3 heterocycles. The number of ether oxygens (including phenoxy) is 4. The molecule has 2 saturated heterocycles. The summed E-state index contributed by atoms with van der Waals surface area (Å²) in [7, 11) is 1.48. The van der Waals surface area contributed by atoms with Gasteiger partial charge in [0.2, 0.25) is 11.8 Å². The van der Waals surface area contributed by atoms with Crippen molar-refractivity contribution in [1.82, 2.24) is 0 Å². The average molecular weight is 494 g/mol. The van der Waals surface area contributed by atoms with E-state index in [1.54, 1.807) is 0 Å². The Bertz CT molecular complexity index is 1170. The maximum absolute atomic E-state index is 13.5. The highest BCUT2D eigenvalue weighted by Crippen LogP contribution is 2.60. The summed E-state index contributed by atoms with van der Waals surface area (Å²) in [6.45, 7) is 3.10. The summed E-state index contributed by atoms with van der Waals surface area (Å²) < 4.78 is 61.4. The molecule has 3 aliphatic rings. The number of hydrogen-bond donors (Lipinski definition) is 0. The van der Waals surface area contributed by atoms with Gasteiger partial charge in [0, 0.05) is 7.11 Å². The Morgan fingerprint density at radius 2 is 1.89 bits per heavy atom. The maximum Gasteiger partial charge on any atom is 0.417 e. The summed E-state index contributed by atoms with van der Waals surface area (Å²) in [6, 6.07) is 4.08. The lowest BCUT2D eigenvalue weighted by Gasteiger charge is -2.28. The number of imide groups is 1. The number of nitrogens with zero attached hydrogens (tertiary/aromatic N) is 2. The molecule has 2 bridgehead atoms. The Morgan fingerprint density at radius 3 is 2.51 bits per heavy atom. The lowest BCUT2D eigenvalue weighted by Crippen LogP contribution is -2.43. The molecule has 3 aliphatic heterocycles. The van der Waals surface area contributed by atoms with Crippen LogP contribution in [0.3, 0.4) is 0 Å². The highest BCUT2D eigenvalue weighted by Gasteiger charge is 2.74. The number of halogens is 3. The van der Waals surface area contributed by atoms with E-state index in [4.69, 9.17) is 24.2 Å². The van der Waals surface area contributed by atoms with Crippen molar-refractivity contribution in [1.29, 1.82) is 5.26 Å². The number of carbonyl (C=O) groups is 3.